The molecule has 2 rings (SSSR count). The fourth-order valence-electron chi connectivity index (χ4n) is 2.95. The number of carbonyl (C=O) groups excluding carboxylic acids is 3. The molecule has 136 valence electrons. The molecule has 1 aromatic rings. The van der Waals surface area contributed by atoms with Crippen molar-refractivity contribution in [1.82, 2.24) is 4.90 Å². The zero-order valence-corrected chi connectivity index (χ0v) is 17.4. The van der Waals surface area contributed by atoms with Crippen LogP contribution < -0.4 is 0 Å². The normalized spacial score (nSPS) is 15.3. The Morgan fingerprint density at radius 3 is 1.96 bits per heavy atom. The molecule has 1 amide bonds. The highest BCUT2D eigenvalue weighted by molar-refractivity contribution is 9.13. The lowest BCUT2D eigenvalue weighted by molar-refractivity contribution is -0.180. The van der Waals surface area contributed by atoms with Gasteiger partial charge in [0, 0.05) is 28.8 Å². The monoisotopic (exact) mass is 475 g/mol. The molecule has 25 heavy (non-hydrogen) atoms. The summed E-state index contributed by atoms with van der Waals surface area (Å²) >= 11 is 6.87. The minimum absolute atomic E-state index is 0.00542. The van der Waals surface area contributed by atoms with Crippen LogP contribution in [0.15, 0.2) is 21.1 Å². The number of amides is 1. The van der Waals surface area contributed by atoms with Crippen molar-refractivity contribution in [1.29, 1.82) is 0 Å². The third-order valence-electron chi connectivity index (χ3n) is 4.08. The van der Waals surface area contributed by atoms with Crippen molar-refractivity contribution in [3.8, 4) is 0 Å². The van der Waals surface area contributed by atoms with Crippen molar-refractivity contribution < 1.29 is 23.9 Å². The topological polar surface area (TPSA) is 72.9 Å². The number of carbonyl (C=O) groups is 3. The van der Waals surface area contributed by atoms with Crippen molar-refractivity contribution in [2.75, 3.05) is 13.2 Å². The van der Waals surface area contributed by atoms with E-state index in [2.05, 4.69) is 31.9 Å². The summed E-state index contributed by atoms with van der Waals surface area (Å²) < 4.78 is 11.9. The third-order valence-corrected chi connectivity index (χ3v) is 5.93. The van der Waals surface area contributed by atoms with E-state index < -0.39 is 23.4 Å². The van der Waals surface area contributed by atoms with E-state index >= 15 is 0 Å². The average Bonchev–Trinajstić information content (AvgIpc) is 2.55. The summed E-state index contributed by atoms with van der Waals surface area (Å²) in [7, 11) is 0. The molecule has 0 N–H and O–H groups in total. The highest BCUT2D eigenvalue weighted by Gasteiger charge is 2.57. The first-order chi connectivity index (χ1) is 11.8. The molecule has 0 unspecified atom stereocenters. The Balaban J connectivity index is 2.64. The predicted octanol–water partition coefficient (Wildman–Crippen LogP) is 2.98. The van der Waals surface area contributed by atoms with Gasteiger partial charge in [-0.25, -0.2) is 9.59 Å². The van der Waals surface area contributed by atoms with E-state index in [9.17, 15) is 14.4 Å². The van der Waals surface area contributed by atoms with Gasteiger partial charge in [0.2, 0.25) is 11.4 Å². The Bertz CT molecular complexity index is 701. The Morgan fingerprint density at radius 2 is 1.52 bits per heavy atom. The molecule has 6 nitrogen and oxygen atoms in total. The van der Waals surface area contributed by atoms with Crippen LogP contribution in [0.25, 0.3) is 0 Å². The second kappa shape index (κ2) is 7.86. The van der Waals surface area contributed by atoms with Gasteiger partial charge in [-0.15, -0.1) is 0 Å². The molecular weight excluding hydrogens is 458 g/mol. The summed E-state index contributed by atoms with van der Waals surface area (Å²) in [5.41, 5.74) is -0.166. The molecular formula is C17H19Br2NO5. The number of rotatable bonds is 4. The summed E-state index contributed by atoms with van der Waals surface area (Å²) in [5.74, 6) is -1.94. The molecule has 1 aliphatic heterocycles. The lowest BCUT2D eigenvalue weighted by atomic mass is 9.82. The number of hydrogen-bond donors (Lipinski definition) is 0. The molecule has 0 saturated heterocycles. The van der Waals surface area contributed by atoms with E-state index in [1.165, 1.54) is 11.8 Å². The summed E-state index contributed by atoms with van der Waals surface area (Å²) in [5, 5.41) is 0. The van der Waals surface area contributed by atoms with Crippen LogP contribution in [0.1, 0.15) is 31.9 Å². The molecule has 1 aliphatic rings. The fraction of sp³-hybridized carbons (Fsp3) is 0.471. The predicted molar refractivity (Wildman–Crippen MR) is 97.8 cm³/mol. The maximum absolute atomic E-state index is 12.8. The van der Waals surface area contributed by atoms with E-state index in [1.54, 1.807) is 13.8 Å². The Kier molecular flexibility index (Phi) is 6.26. The fourth-order valence-corrected chi connectivity index (χ4v) is 3.73. The Labute approximate surface area is 163 Å². The smallest absolute Gasteiger partial charge is 0.344 e. The van der Waals surface area contributed by atoms with E-state index in [-0.39, 0.29) is 26.2 Å². The van der Waals surface area contributed by atoms with Gasteiger partial charge in [-0.3, -0.25) is 4.79 Å². The van der Waals surface area contributed by atoms with Crippen molar-refractivity contribution in [3.63, 3.8) is 0 Å². The number of ether oxygens (including phenoxy) is 2. The summed E-state index contributed by atoms with van der Waals surface area (Å²) in [6, 6.07) is 3.71. The number of benzene rings is 1. The molecule has 1 heterocycles. The van der Waals surface area contributed by atoms with Gasteiger partial charge < -0.3 is 14.4 Å². The van der Waals surface area contributed by atoms with E-state index in [4.69, 9.17) is 9.47 Å². The number of fused-ring (bicyclic) bond motifs is 1. The first-order valence-corrected chi connectivity index (χ1v) is 9.45. The molecule has 0 atom stereocenters. The molecule has 0 bridgehead atoms. The van der Waals surface area contributed by atoms with E-state index in [0.29, 0.717) is 0 Å². The van der Waals surface area contributed by atoms with Gasteiger partial charge in [0.05, 0.1) is 13.2 Å². The first kappa shape index (κ1) is 19.9. The summed E-state index contributed by atoms with van der Waals surface area (Å²) in [6.07, 6.45) is 0.00542. The van der Waals surface area contributed by atoms with Crippen molar-refractivity contribution in [2.24, 2.45) is 0 Å². The van der Waals surface area contributed by atoms with Gasteiger partial charge in [-0.05, 0) is 69.0 Å². The first-order valence-electron chi connectivity index (χ1n) is 7.87. The lowest BCUT2D eigenvalue weighted by Gasteiger charge is -2.43. The second-order valence-corrected chi connectivity index (χ2v) is 7.33. The molecule has 0 saturated carbocycles. The summed E-state index contributed by atoms with van der Waals surface area (Å²) in [4.78, 5) is 39.1. The lowest BCUT2D eigenvalue weighted by Crippen LogP contribution is -2.65. The molecule has 1 aromatic carbocycles. The highest BCUT2D eigenvalue weighted by atomic mass is 79.9. The second-order valence-electron chi connectivity index (χ2n) is 5.62. The average molecular weight is 477 g/mol. The third kappa shape index (κ3) is 3.60. The van der Waals surface area contributed by atoms with Gasteiger partial charge in [-0.2, -0.15) is 0 Å². The Morgan fingerprint density at radius 1 is 1.04 bits per heavy atom. The zero-order valence-electron chi connectivity index (χ0n) is 14.2. The molecule has 0 fully saturated rings. The molecule has 0 aromatic heterocycles. The van der Waals surface area contributed by atoms with Gasteiger partial charge >= 0.3 is 11.9 Å². The van der Waals surface area contributed by atoms with E-state index in [1.807, 2.05) is 12.1 Å². The number of esters is 2. The largest absolute Gasteiger partial charge is 0.464 e. The van der Waals surface area contributed by atoms with Crippen LogP contribution in [0.3, 0.4) is 0 Å². The number of hydrogen-bond acceptors (Lipinski definition) is 5. The molecule has 0 spiro atoms. The molecule has 0 radical (unpaired) electrons. The van der Waals surface area contributed by atoms with Crippen LogP contribution in [0.2, 0.25) is 0 Å². The summed E-state index contributed by atoms with van der Waals surface area (Å²) in [6.45, 7) is 4.95. The molecule has 8 heteroatoms. The number of nitrogens with zero attached hydrogens (tertiary/aromatic N) is 1. The molecule has 0 aliphatic carbocycles. The minimum Gasteiger partial charge on any atom is -0.464 e. The SMILES string of the molecule is CCOC(=O)C1(C(=O)OCC)Cc2cc(Br)c(Br)cc2CN1C(C)=O. The van der Waals surface area contributed by atoms with Gasteiger partial charge in [-0.1, -0.05) is 0 Å². The minimum atomic E-state index is -1.81. The standard InChI is InChI=1S/C17H19Br2NO5/c1-4-24-15(22)17(16(23)25-5-2)8-11-6-13(18)14(19)7-12(11)9-20(17)10(3)21/h6-7H,4-5,8-9H2,1-3H3. The maximum Gasteiger partial charge on any atom is 0.344 e. The van der Waals surface area contributed by atoms with Crippen LogP contribution in [0.4, 0.5) is 0 Å². The van der Waals surface area contributed by atoms with Crippen molar-refractivity contribution in [3.05, 3.63) is 32.2 Å². The van der Waals surface area contributed by atoms with Gasteiger partial charge in [0.25, 0.3) is 0 Å². The quantitative estimate of drug-likeness (QED) is 0.493. The van der Waals surface area contributed by atoms with E-state index in [0.717, 1.165) is 20.1 Å². The Hall–Kier alpha value is -1.41. The van der Waals surface area contributed by atoms with Crippen LogP contribution in [-0.4, -0.2) is 41.5 Å². The zero-order chi connectivity index (χ0) is 18.8. The van der Waals surface area contributed by atoms with Crippen LogP contribution in [-0.2, 0) is 36.8 Å². The van der Waals surface area contributed by atoms with Crippen molar-refractivity contribution in [2.45, 2.75) is 39.3 Å². The number of halogens is 2. The van der Waals surface area contributed by atoms with Crippen LogP contribution >= 0.6 is 31.9 Å². The highest BCUT2D eigenvalue weighted by Crippen LogP contribution is 2.37. The van der Waals surface area contributed by atoms with Crippen molar-refractivity contribution >= 4 is 49.7 Å². The van der Waals surface area contributed by atoms with Gasteiger partial charge in [0.1, 0.15) is 0 Å². The van der Waals surface area contributed by atoms with Crippen LogP contribution in [0.5, 0.6) is 0 Å². The maximum atomic E-state index is 12.8. The van der Waals surface area contributed by atoms with Crippen LogP contribution in [0, 0.1) is 0 Å². The van der Waals surface area contributed by atoms with Gasteiger partial charge in [0.15, 0.2) is 0 Å².